The molecule has 34 heavy (non-hydrogen) atoms. The fraction of sp³-hybridized carbons (Fsp3) is 0.773. The van der Waals surface area contributed by atoms with Gasteiger partial charge in [-0.25, -0.2) is 4.79 Å². The van der Waals surface area contributed by atoms with Crippen LogP contribution in [0.5, 0.6) is 0 Å². The zero-order valence-corrected chi connectivity index (χ0v) is 19.7. The summed E-state index contributed by atoms with van der Waals surface area (Å²) in [6, 6.07) is -2.38. The number of ether oxygens (including phenoxy) is 1. The fourth-order valence-electron chi connectivity index (χ4n) is 4.67. The van der Waals surface area contributed by atoms with E-state index < -0.39 is 41.8 Å². The lowest BCUT2D eigenvalue weighted by Crippen LogP contribution is -2.53. The number of carbonyl (C=O) groups is 5. The molecule has 0 bridgehead atoms. The first-order chi connectivity index (χ1) is 16.3. The summed E-state index contributed by atoms with van der Waals surface area (Å²) < 4.78 is 5.31. The van der Waals surface area contributed by atoms with E-state index in [0.29, 0.717) is 58.5 Å². The van der Waals surface area contributed by atoms with E-state index in [0.717, 1.165) is 19.5 Å². The maximum absolute atomic E-state index is 12.8. The molecule has 3 rings (SSSR count). The molecule has 0 aromatic carbocycles. The lowest BCUT2D eigenvalue weighted by Gasteiger charge is -2.29. The second-order valence-electron chi connectivity index (χ2n) is 8.98. The fourth-order valence-corrected chi connectivity index (χ4v) is 4.67. The van der Waals surface area contributed by atoms with Crippen LogP contribution in [0, 0.1) is 0 Å². The number of morpholine rings is 1. The number of hydrogen-bond acceptors (Lipinski definition) is 7. The number of aliphatic carboxylic acids is 1. The standard InChI is InChI=1S/C22H35N5O7/c1-15(20(30)23-14-19(29)27-8-3-5-17(27)22(32)33)24-21(31)16-4-2-7-26(16)18(28)6-9-25-10-12-34-13-11-25/h15-17H,2-14H2,1H3,(H,23,30)(H,24,31)(H,32,33)/t15-,16-,17-/m0/s1. The van der Waals surface area contributed by atoms with E-state index >= 15 is 0 Å². The van der Waals surface area contributed by atoms with E-state index in [9.17, 15) is 29.1 Å². The zero-order valence-electron chi connectivity index (χ0n) is 19.7. The molecule has 0 aliphatic carbocycles. The van der Waals surface area contributed by atoms with E-state index in [2.05, 4.69) is 15.5 Å². The Hall–Kier alpha value is -2.73. The minimum absolute atomic E-state index is 0.0783. The van der Waals surface area contributed by atoms with Crippen molar-refractivity contribution in [3.63, 3.8) is 0 Å². The molecule has 3 aliphatic heterocycles. The van der Waals surface area contributed by atoms with Crippen molar-refractivity contribution in [2.75, 3.05) is 52.5 Å². The highest BCUT2D eigenvalue weighted by molar-refractivity contribution is 5.94. The van der Waals surface area contributed by atoms with Crippen molar-refractivity contribution in [2.24, 2.45) is 0 Å². The molecule has 190 valence electrons. The summed E-state index contributed by atoms with van der Waals surface area (Å²) in [7, 11) is 0. The lowest BCUT2D eigenvalue weighted by molar-refractivity contribution is -0.148. The van der Waals surface area contributed by atoms with Crippen LogP contribution in [0.4, 0.5) is 0 Å². The predicted molar refractivity (Wildman–Crippen MR) is 120 cm³/mol. The SMILES string of the molecule is C[C@H](NC(=O)[C@@H]1CCCN1C(=O)CCN1CCOCC1)C(=O)NCC(=O)N1CCC[C@H]1C(=O)O. The minimum atomic E-state index is -1.06. The molecule has 3 saturated heterocycles. The van der Waals surface area contributed by atoms with Crippen molar-refractivity contribution in [3.05, 3.63) is 0 Å². The van der Waals surface area contributed by atoms with E-state index in [-0.39, 0.29) is 12.5 Å². The number of hydrogen-bond donors (Lipinski definition) is 3. The molecule has 0 aromatic heterocycles. The normalized spacial score (nSPS) is 24.0. The van der Waals surface area contributed by atoms with E-state index in [1.54, 1.807) is 4.90 Å². The first-order valence-corrected chi connectivity index (χ1v) is 12.0. The zero-order chi connectivity index (χ0) is 24.7. The molecule has 12 nitrogen and oxygen atoms in total. The van der Waals surface area contributed by atoms with Gasteiger partial charge in [-0.2, -0.15) is 0 Å². The van der Waals surface area contributed by atoms with Crippen LogP contribution in [-0.2, 0) is 28.7 Å². The number of carboxylic acid groups (broad SMARTS) is 1. The number of carboxylic acids is 1. The number of nitrogens with zero attached hydrogens (tertiary/aromatic N) is 3. The van der Waals surface area contributed by atoms with Crippen LogP contribution in [0.15, 0.2) is 0 Å². The molecule has 3 fully saturated rings. The second kappa shape index (κ2) is 12.1. The van der Waals surface area contributed by atoms with Gasteiger partial charge in [0.2, 0.25) is 23.6 Å². The summed E-state index contributed by atoms with van der Waals surface area (Å²) in [4.78, 5) is 66.5. The van der Waals surface area contributed by atoms with Crippen LogP contribution in [-0.4, -0.2) is 120 Å². The van der Waals surface area contributed by atoms with Crippen molar-refractivity contribution >= 4 is 29.6 Å². The van der Waals surface area contributed by atoms with E-state index in [1.165, 1.54) is 11.8 Å². The topological polar surface area (TPSA) is 149 Å². The molecule has 4 amide bonds. The number of amides is 4. The monoisotopic (exact) mass is 481 g/mol. The Kier molecular flexibility index (Phi) is 9.22. The van der Waals surface area contributed by atoms with Gasteiger partial charge in [-0.15, -0.1) is 0 Å². The quantitative estimate of drug-likeness (QED) is 0.356. The number of nitrogens with one attached hydrogen (secondary N) is 2. The Balaban J connectivity index is 1.43. The van der Waals surface area contributed by atoms with Gasteiger partial charge in [0.1, 0.15) is 18.1 Å². The van der Waals surface area contributed by atoms with Gasteiger partial charge in [0.05, 0.1) is 19.8 Å². The molecule has 0 spiro atoms. The average molecular weight is 482 g/mol. The van der Waals surface area contributed by atoms with Crippen molar-refractivity contribution in [1.82, 2.24) is 25.3 Å². The first kappa shape index (κ1) is 25.9. The Labute approximate surface area is 198 Å². The summed E-state index contributed by atoms with van der Waals surface area (Å²) in [5.74, 6) is -2.54. The summed E-state index contributed by atoms with van der Waals surface area (Å²) in [5.41, 5.74) is 0. The summed E-state index contributed by atoms with van der Waals surface area (Å²) in [5, 5.41) is 14.3. The molecule has 3 aliphatic rings. The minimum Gasteiger partial charge on any atom is -0.480 e. The highest BCUT2D eigenvalue weighted by Crippen LogP contribution is 2.19. The lowest BCUT2D eigenvalue weighted by atomic mass is 10.1. The van der Waals surface area contributed by atoms with Gasteiger partial charge >= 0.3 is 5.97 Å². The Morgan fingerprint density at radius 1 is 0.941 bits per heavy atom. The molecule has 12 heteroatoms. The number of likely N-dealkylation sites (tertiary alicyclic amines) is 2. The molecule has 3 heterocycles. The largest absolute Gasteiger partial charge is 0.480 e. The summed E-state index contributed by atoms with van der Waals surface area (Å²) >= 11 is 0. The Bertz CT molecular complexity index is 786. The van der Waals surface area contributed by atoms with Gasteiger partial charge in [-0.3, -0.25) is 24.1 Å². The molecule has 0 saturated carbocycles. The summed E-state index contributed by atoms with van der Waals surface area (Å²) in [6.45, 7) is 5.55. The van der Waals surface area contributed by atoms with Crippen LogP contribution < -0.4 is 10.6 Å². The molecule has 3 atom stereocenters. The van der Waals surface area contributed by atoms with Crippen molar-refractivity contribution in [2.45, 2.75) is 57.2 Å². The van der Waals surface area contributed by atoms with Crippen LogP contribution in [0.3, 0.4) is 0 Å². The van der Waals surface area contributed by atoms with Gasteiger partial charge < -0.3 is 30.3 Å². The highest BCUT2D eigenvalue weighted by atomic mass is 16.5. The van der Waals surface area contributed by atoms with E-state index in [1.807, 2.05) is 0 Å². The molecular weight excluding hydrogens is 446 g/mol. The molecule has 0 unspecified atom stereocenters. The van der Waals surface area contributed by atoms with Crippen LogP contribution in [0.25, 0.3) is 0 Å². The van der Waals surface area contributed by atoms with Crippen LogP contribution >= 0.6 is 0 Å². The van der Waals surface area contributed by atoms with Crippen molar-refractivity contribution in [1.29, 1.82) is 0 Å². The number of carbonyl (C=O) groups excluding carboxylic acids is 4. The van der Waals surface area contributed by atoms with E-state index in [4.69, 9.17) is 4.74 Å². The smallest absolute Gasteiger partial charge is 0.326 e. The molecule has 0 aromatic rings. The maximum atomic E-state index is 12.8. The number of rotatable bonds is 9. The van der Waals surface area contributed by atoms with Gasteiger partial charge in [-0.05, 0) is 32.6 Å². The molecule has 0 radical (unpaired) electrons. The average Bonchev–Trinajstić information content (AvgIpc) is 3.51. The Morgan fingerprint density at radius 3 is 2.21 bits per heavy atom. The second-order valence-corrected chi connectivity index (χ2v) is 8.98. The van der Waals surface area contributed by atoms with Gasteiger partial charge in [0.25, 0.3) is 0 Å². The molecule has 3 N–H and O–H groups in total. The van der Waals surface area contributed by atoms with Gasteiger partial charge in [-0.1, -0.05) is 0 Å². The Morgan fingerprint density at radius 2 is 1.56 bits per heavy atom. The third-order valence-electron chi connectivity index (χ3n) is 6.65. The van der Waals surface area contributed by atoms with Crippen LogP contribution in [0.1, 0.15) is 39.0 Å². The third-order valence-corrected chi connectivity index (χ3v) is 6.65. The third kappa shape index (κ3) is 6.66. The van der Waals surface area contributed by atoms with Crippen molar-refractivity contribution < 1.29 is 33.8 Å². The van der Waals surface area contributed by atoms with Gasteiger partial charge in [0, 0.05) is 39.1 Å². The van der Waals surface area contributed by atoms with Gasteiger partial charge in [0.15, 0.2) is 0 Å². The maximum Gasteiger partial charge on any atom is 0.326 e. The highest BCUT2D eigenvalue weighted by Gasteiger charge is 2.36. The molecular formula is C22H35N5O7. The predicted octanol–water partition coefficient (Wildman–Crippen LogP) is -1.60. The first-order valence-electron chi connectivity index (χ1n) is 12.0. The van der Waals surface area contributed by atoms with Crippen molar-refractivity contribution in [3.8, 4) is 0 Å². The summed E-state index contributed by atoms with van der Waals surface area (Å²) in [6.07, 6.45) is 2.58. The van der Waals surface area contributed by atoms with Crippen LogP contribution in [0.2, 0.25) is 0 Å².